The van der Waals surface area contributed by atoms with E-state index in [2.05, 4.69) is 29.6 Å². The van der Waals surface area contributed by atoms with E-state index in [1.54, 1.807) is 0 Å². The molecule has 2 nitrogen and oxygen atoms in total. The Bertz CT molecular complexity index is 412. The number of para-hydroxylation sites is 1. The van der Waals surface area contributed by atoms with E-state index in [-0.39, 0.29) is 5.72 Å². The van der Waals surface area contributed by atoms with E-state index in [1.165, 1.54) is 0 Å². The zero-order valence-corrected chi connectivity index (χ0v) is 7.73. The highest BCUT2D eigenvalue weighted by Crippen LogP contribution is 2.32. The first kappa shape index (κ1) is 7.68. The Hall–Kier alpha value is -1.70. The lowest BCUT2D eigenvalue weighted by atomic mass is 10.0. The van der Waals surface area contributed by atoms with Gasteiger partial charge in [0.05, 0.1) is 0 Å². The molecule has 2 aliphatic rings. The number of benzene rings is 1. The Kier molecular flexibility index (Phi) is 1.45. The van der Waals surface area contributed by atoms with Crippen molar-refractivity contribution >= 4 is 6.08 Å². The zero-order valence-electron chi connectivity index (χ0n) is 7.73. The van der Waals surface area contributed by atoms with Gasteiger partial charge in [-0.25, -0.2) is 0 Å². The smallest absolute Gasteiger partial charge is 0.203 e. The summed E-state index contributed by atoms with van der Waals surface area (Å²) >= 11 is 0. The maximum absolute atomic E-state index is 5.92. The van der Waals surface area contributed by atoms with Gasteiger partial charge in [0.1, 0.15) is 5.75 Å². The average Bonchev–Trinajstić information content (AvgIpc) is 2.66. The molecule has 0 fully saturated rings. The zero-order chi connectivity index (χ0) is 9.43. The largest absolute Gasteiger partial charge is 0.464 e. The van der Waals surface area contributed by atoms with Gasteiger partial charge in [-0.15, -0.1) is 0 Å². The minimum Gasteiger partial charge on any atom is -0.464 e. The molecule has 70 valence electrons. The Morgan fingerprint density at radius 1 is 1.29 bits per heavy atom. The van der Waals surface area contributed by atoms with E-state index in [1.807, 2.05) is 24.4 Å². The molecular weight excluding hydrogens is 174 g/mol. The van der Waals surface area contributed by atoms with Gasteiger partial charge < -0.3 is 10.1 Å². The molecule has 1 aromatic rings. The molecule has 1 atom stereocenters. The molecule has 0 bridgehead atoms. The molecule has 0 aromatic heterocycles. The minimum atomic E-state index is -0.325. The predicted octanol–water partition coefficient (Wildman–Crippen LogP) is 2.30. The Labute approximate surface area is 82.9 Å². The fourth-order valence-corrected chi connectivity index (χ4v) is 1.85. The number of hydrogen-bond acceptors (Lipinski definition) is 2. The fraction of sp³-hybridized carbons (Fsp3) is 0.167. The third kappa shape index (κ3) is 1.04. The van der Waals surface area contributed by atoms with Crippen molar-refractivity contribution in [3.8, 4) is 5.75 Å². The average molecular weight is 185 g/mol. The molecule has 1 unspecified atom stereocenters. The molecule has 14 heavy (non-hydrogen) atoms. The van der Waals surface area contributed by atoms with Crippen LogP contribution in [0.2, 0.25) is 0 Å². The SMILES string of the molecule is C1=CNC2(C=Cc3ccccc3O2)C1. The standard InChI is InChI=1S/C12H11NO/c1-2-5-11-10(4-1)6-8-12(14-11)7-3-9-13-12/h1-6,8-9,13H,7H2. The van der Waals surface area contributed by atoms with Crippen molar-refractivity contribution < 1.29 is 4.74 Å². The van der Waals surface area contributed by atoms with Crippen LogP contribution in [0.5, 0.6) is 5.75 Å². The Balaban J connectivity index is 2.01. The summed E-state index contributed by atoms with van der Waals surface area (Å²) in [6.45, 7) is 0. The summed E-state index contributed by atoms with van der Waals surface area (Å²) in [5.41, 5.74) is 0.820. The topological polar surface area (TPSA) is 21.3 Å². The van der Waals surface area contributed by atoms with Crippen LogP contribution in [0.25, 0.3) is 6.08 Å². The molecule has 0 radical (unpaired) electrons. The van der Waals surface area contributed by atoms with Gasteiger partial charge in [-0.2, -0.15) is 0 Å². The summed E-state index contributed by atoms with van der Waals surface area (Å²) in [4.78, 5) is 0. The quantitative estimate of drug-likeness (QED) is 0.669. The van der Waals surface area contributed by atoms with Crippen LogP contribution in [0.15, 0.2) is 42.6 Å². The Morgan fingerprint density at radius 2 is 2.21 bits per heavy atom. The highest BCUT2D eigenvalue weighted by atomic mass is 16.5. The van der Waals surface area contributed by atoms with Crippen molar-refractivity contribution in [1.82, 2.24) is 5.32 Å². The van der Waals surface area contributed by atoms with Crippen LogP contribution in [-0.2, 0) is 0 Å². The number of fused-ring (bicyclic) bond motifs is 1. The van der Waals surface area contributed by atoms with E-state index >= 15 is 0 Å². The molecule has 1 spiro atoms. The van der Waals surface area contributed by atoms with Crippen LogP contribution in [0.1, 0.15) is 12.0 Å². The minimum absolute atomic E-state index is 0.325. The highest BCUT2D eigenvalue weighted by molar-refractivity contribution is 5.61. The van der Waals surface area contributed by atoms with Crippen LogP contribution >= 0.6 is 0 Å². The van der Waals surface area contributed by atoms with Gasteiger partial charge >= 0.3 is 0 Å². The number of ether oxygens (including phenoxy) is 1. The van der Waals surface area contributed by atoms with E-state index < -0.39 is 0 Å². The van der Waals surface area contributed by atoms with Gasteiger partial charge in [0.25, 0.3) is 0 Å². The first-order valence-electron chi connectivity index (χ1n) is 4.78. The highest BCUT2D eigenvalue weighted by Gasteiger charge is 2.32. The first-order valence-corrected chi connectivity index (χ1v) is 4.78. The van der Waals surface area contributed by atoms with Crippen molar-refractivity contribution in [3.63, 3.8) is 0 Å². The summed E-state index contributed by atoms with van der Waals surface area (Å²) < 4.78 is 5.92. The molecule has 0 saturated carbocycles. The van der Waals surface area contributed by atoms with Gasteiger partial charge in [0.15, 0.2) is 0 Å². The number of rotatable bonds is 0. The van der Waals surface area contributed by atoms with Crippen molar-refractivity contribution in [2.45, 2.75) is 12.1 Å². The van der Waals surface area contributed by atoms with Gasteiger partial charge in [0.2, 0.25) is 5.72 Å². The molecule has 2 aliphatic heterocycles. The maximum Gasteiger partial charge on any atom is 0.203 e. The van der Waals surface area contributed by atoms with E-state index in [0.717, 1.165) is 17.7 Å². The molecule has 2 heteroatoms. The molecule has 2 heterocycles. The summed E-state index contributed by atoms with van der Waals surface area (Å²) in [5.74, 6) is 0.950. The number of hydrogen-bond donors (Lipinski definition) is 1. The molecule has 0 amide bonds. The molecule has 0 saturated heterocycles. The first-order chi connectivity index (χ1) is 6.88. The molecule has 3 rings (SSSR count). The summed E-state index contributed by atoms with van der Waals surface area (Å²) in [5, 5.41) is 3.22. The summed E-state index contributed by atoms with van der Waals surface area (Å²) in [7, 11) is 0. The van der Waals surface area contributed by atoms with Crippen molar-refractivity contribution in [2.75, 3.05) is 0 Å². The van der Waals surface area contributed by atoms with Crippen LogP contribution in [0, 0.1) is 0 Å². The van der Waals surface area contributed by atoms with E-state index in [0.29, 0.717) is 0 Å². The van der Waals surface area contributed by atoms with Crippen LogP contribution in [0.4, 0.5) is 0 Å². The van der Waals surface area contributed by atoms with Crippen molar-refractivity contribution in [2.24, 2.45) is 0 Å². The second-order valence-corrected chi connectivity index (χ2v) is 3.61. The van der Waals surface area contributed by atoms with Gasteiger partial charge in [-0.05, 0) is 24.4 Å². The van der Waals surface area contributed by atoms with Gasteiger partial charge in [-0.1, -0.05) is 24.3 Å². The lowest BCUT2D eigenvalue weighted by Gasteiger charge is -2.31. The maximum atomic E-state index is 5.92. The van der Waals surface area contributed by atoms with Gasteiger partial charge in [0, 0.05) is 12.0 Å². The van der Waals surface area contributed by atoms with Crippen LogP contribution in [0.3, 0.4) is 0 Å². The van der Waals surface area contributed by atoms with Crippen molar-refractivity contribution in [1.29, 1.82) is 0 Å². The molecule has 1 N–H and O–H groups in total. The normalized spacial score (nSPS) is 27.1. The molecular formula is C12H11NO. The predicted molar refractivity (Wildman–Crippen MR) is 55.7 cm³/mol. The molecule has 1 aromatic carbocycles. The lowest BCUT2D eigenvalue weighted by Crippen LogP contribution is -2.43. The third-order valence-electron chi connectivity index (χ3n) is 2.61. The van der Waals surface area contributed by atoms with Crippen molar-refractivity contribution in [3.05, 3.63) is 48.2 Å². The van der Waals surface area contributed by atoms with E-state index in [9.17, 15) is 0 Å². The monoisotopic (exact) mass is 185 g/mol. The second-order valence-electron chi connectivity index (χ2n) is 3.61. The van der Waals surface area contributed by atoms with E-state index in [4.69, 9.17) is 4.74 Å². The third-order valence-corrected chi connectivity index (χ3v) is 2.61. The lowest BCUT2D eigenvalue weighted by molar-refractivity contribution is 0.108. The van der Waals surface area contributed by atoms with Crippen LogP contribution < -0.4 is 10.1 Å². The molecule has 0 aliphatic carbocycles. The summed E-state index contributed by atoms with van der Waals surface area (Å²) in [6, 6.07) is 8.07. The van der Waals surface area contributed by atoms with Crippen LogP contribution in [-0.4, -0.2) is 5.72 Å². The Morgan fingerprint density at radius 3 is 3.07 bits per heavy atom. The van der Waals surface area contributed by atoms with Gasteiger partial charge in [-0.3, -0.25) is 0 Å². The second kappa shape index (κ2) is 2.64. The summed E-state index contributed by atoms with van der Waals surface area (Å²) in [6.07, 6.45) is 9.10. The number of nitrogens with one attached hydrogen (secondary N) is 1. The fourth-order valence-electron chi connectivity index (χ4n) is 1.85.